The number of aromatic nitrogens is 1. The summed E-state index contributed by atoms with van der Waals surface area (Å²) < 4.78 is 5.76. The second-order valence-corrected chi connectivity index (χ2v) is 4.89. The van der Waals surface area contributed by atoms with Crippen molar-refractivity contribution in [2.45, 2.75) is 59.4 Å². The lowest BCUT2D eigenvalue weighted by Gasteiger charge is -2.10. The van der Waals surface area contributed by atoms with Gasteiger partial charge >= 0.3 is 0 Å². The molecule has 108 valence electrons. The summed E-state index contributed by atoms with van der Waals surface area (Å²) in [5.41, 5.74) is 2.38. The Bertz CT molecular complexity index is 353. The molecule has 0 saturated carbocycles. The molecule has 1 aromatic rings. The van der Waals surface area contributed by atoms with Crippen LogP contribution in [-0.2, 0) is 13.0 Å². The first kappa shape index (κ1) is 16.0. The summed E-state index contributed by atoms with van der Waals surface area (Å²) in [4.78, 5) is 4.53. The number of nitrogens with zero attached hydrogens (tertiary/aromatic N) is 1. The third kappa shape index (κ3) is 6.58. The molecule has 1 heterocycles. The highest BCUT2D eigenvalue weighted by Gasteiger charge is 2.03. The van der Waals surface area contributed by atoms with Gasteiger partial charge < -0.3 is 10.1 Å². The molecule has 0 saturated heterocycles. The Morgan fingerprint density at radius 3 is 2.63 bits per heavy atom. The number of pyridine rings is 1. The average Bonchev–Trinajstić information content (AvgIpc) is 2.44. The molecule has 0 aliphatic heterocycles. The fourth-order valence-electron chi connectivity index (χ4n) is 1.92. The molecule has 0 atom stereocenters. The van der Waals surface area contributed by atoms with E-state index in [0.717, 1.165) is 50.5 Å². The minimum Gasteiger partial charge on any atom is -0.478 e. The number of aryl methyl sites for hydroxylation is 1. The molecule has 3 nitrogen and oxygen atoms in total. The van der Waals surface area contributed by atoms with E-state index >= 15 is 0 Å². The van der Waals surface area contributed by atoms with Gasteiger partial charge in [-0.2, -0.15) is 0 Å². The quantitative estimate of drug-likeness (QED) is 0.654. The summed E-state index contributed by atoms with van der Waals surface area (Å²) in [6.45, 7) is 9.24. The molecule has 0 bridgehead atoms. The second kappa shape index (κ2) is 9.79. The summed E-state index contributed by atoms with van der Waals surface area (Å²) in [6, 6.07) is 4.23. The van der Waals surface area contributed by atoms with Crippen molar-refractivity contribution in [2.75, 3.05) is 13.2 Å². The predicted octanol–water partition coefficient (Wildman–Crippen LogP) is 3.71. The van der Waals surface area contributed by atoms with Gasteiger partial charge in [-0.1, -0.05) is 33.6 Å². The number of hydrogen-bond acceptors (Lipinski definition) is 3. The fraction of sp³-hybridized carbons (Fsp3) is 0.688. The molecule has 0 fully saturated rings. The Labute approximate surface area is 117 Å². The number of unbranched alkanes of at least 4 members (excludes halogenated alkanes) is 2. The van der Waals surface area contributed by atoms with Gasteiger partial charge in [0.1, 0.15) is 0 Å². The van der Waals surface area contributed by atoms with Gasteiger partial charge in [-0.3, -0.25) is 0 Å². The predicted molar refractivity (Wildman–Crippen MR) is 80.6 cm³/mol. The van der Waals surface area contributed by atoms with E-state index in [2.05, 4.69) is 43.2 Å². The Hall–Kier alpha value is -1.09. The molecule has 3 heteroatoms. The maximum Gasteiger partial charge on any atom is 0.213 e. The van der Waals surface area contributed by atoms with Crippen molar-refractivity contribution in [2.24, 2.45) is 0 Å². The van der Waals surface area contributed by atoms with E-state index in [1.807, 2.05) is 0 Å². The summed E-state index contributed by atoms with van der Waals surface area (Å²) >= 11 is 0. The summed E-state index contributed by atoms with van der Waals surface area (Å²) in [6.07, 6.45) is 5.66. The highest BCUT2D eigenvalue weighted by atomic mass is 16.5. The third-order valence-electron chi connectivity index (χ3n) is 3.03. The van der Waals surface area contributed by atoms with Crippen molar-refractivity contribution in [1.29, 1.82) is 0 Å². The molecule has 0 radical (unpaired) electrons. The summed E-state index contributed by atoms with van der Waals surface area (Å²) in [5.74, 6) is 0.781. The van der Waals surface area contributed by atoms with E-state index in [4.69, 9.17) is 4.74 Å². The van der Waals surface area contributed by atoms with Crippen LogP contribution in [0.25, 0.3) is 0 Å². The van der Waals surface area contributed by atoms with Crippen LogP contribution < -0.4 is 10.1 Å². The zero-order valence-corrected chi connectivity index (χ0v) is 12.7. The zero-order valence-electron chi connectivity index (χ0n) is 12.7. The minimum absolute atomic E-state index is 0.774. The largest absolute Gasteiger partial charge is 0.478 e. The number of rotatable bonds is 10. The minimum atomic E-state index is 0.774. The standard InChI is InChI=1S/C16H28N2O/c1-4-7-8-10-19-16-12-14(13-17-9-5-2)11-15(6-3)18-16/h11-12,17H,4-10,13H2,1-3H3. The fourth-order valence-corrected chi connectivity index (χ4v) is 1.92. The van der Waals surface area contributed by atoms with Gasteiger partial charge in [-0.15, -0.1) is 0 Å². The molecule has 0 aliphatic carbocycles. The van der Waals surface area contributed by atoms with E-state index in [9.17, 15) is 0 Å². The zero-order chi connectivity index (χ0) is 13.9. The van der Waals surface area contributed by atoms with Gasteiger partial charge in [0.25, 0.3) is 0 Å². The SMILES string of the molecule is CCCCCOc1cc(CNCCC)cc(CC)n1. The van der Waals surface area contributed by atoms with Gasteiger partial charge in [-0.05, 0) is 37.4 Å². The van der Waals surface area contributed by atoms with E-state index in [1.165, 1.54) is 18.4 Å². The lowest BCUT2D eigenvalue weighted by atomic mass is 10.2. The van der Waals surface area contributed by atoms with Gasteiger partial charge in [0.2, 0.25) is 5.88 Å². The number of nitrogens with one attached hydrogen (secondary N) is 1. The first-order valence-electron chi connectivity index (χ1n) is 7.63. The Balaban J connectivity index is 2.55. The highest BCUT2D eigenvalue weighted by Crippen LogP contribution is 2.14. The van der Waals surface area contributed by atoms with Crippen LogP contribution in [0, 0.1) is 0 Å². The molecule has 0 spiro atoms. The van der Waals surface area contributed by atoms with Crippen molar-refractivity contribution in [3.05, 3.63) is 23.4 Å². The van der Waals surface area contributed by atoms with Crippen LogP contribution in [0.2, 0.25) is 0 Å². The second-order valence-electron chi connectivity index (χ2n) is 4.89. The number of ether oxygens (including phenoxy) is 1. The van der Waals surface area contributed by atoms with Gasteiger partial charge in [0.05, 0.1) is 6.61 Å². The molecule has 1 N–H and O–H groups in total. The molecule has 19 heavy (non-hydrogen) atoms. The van der Waals surface area contributed by atoms with E-state index in [-0.39, 0.29) is 0 Å². The molecular formula is C16H28N2O. The molecule has 0 amide bonds. The van der Waals surface area contributed by atoms with Crippen LogP contribution in [-0.4, -0.2) is 18.1 Å². The molecule has 0 unspecified atom stereocenters. The lowest BCUT2D eigenvalue weighted by molar-refractivity contribution is 0.294. The first-order chi connectivity index (χ1) is 9.30. The van der Waals surface area contributed by atoms with E-state index < -0.39 is 0 Å². The maximum absolute atomic E-state index is 5.76. The highest BCUT2D eigenvalue weighted by molar-refractivity contribution is 5.25. The van der Waals surface area contributed by atoms with E-state index in [1.54, 1.807) is 0 Å². The van der Waals surface area contributed by atoms with Crippen LogP contribution in [0.4, 0.5) is 0 Å². The van der Waals surface area contributed by atoms with Crippen molar-refractivity contribution < 1.29 is 4.74 Å². The lowest BCUT2D eigenvalue weighted by Crippen LogP contribution is -2.14. The normalized spacial score (nSPS) is 10.7. The average molecular weight is 264 g/mol. The summed E-state index contributed by atoms with van der Waals surface area (Å²) in [5, 5.41) is 3.42. The topological polar surface area (TPSA) is 34.1 Å². The van der Waals surface area contributed by atoms with Crippen LogP contribution in [0.5, 0.6) is 5.88 Å². The van der Waals surface area contributed by atoms with Crippen LogP contribution in [0.15, 0.2) is 12.1 Å². The van der Waals surface area contributed by atoms with Crippen LogP contribution in [0.1, 0.15) is 57.7 Å². The van der Waals surface area contributed by atoms with Crippen LogP contribution >= 0.6 is 0 Å². The van der Waals surface area contributed by atoms with Gasteiger partial charge in [0.15, 0.2) is 0 Å². The van der Waals surface area contributed by atoms with Crippen LogP contribution in [0.3, 0.4) is 0 Å². The molecule has 0 aliphatic rings. The Morgan fingerprint density at radius 1 is 1.11 bits per heavy atom. The molecule has 1 aromatic heterocycles. The van der Waals surface area contributed by atoms with Crippen molar-refractivity contribution in [3.8, 4) is 5.88 Å². The maximum atomic E-state index is 5.76. The molecular weight excluding hydrogens is 236 g/mol. The van der Waals surface area contributed by atoms with Crippen molar-refractivity contribution in [1.82, 2.24) is 10.3 Å². The smallest absolute Gasteiger partial charge is 0.213 e. The molecule has 1 rings (SSSR count). The first-order valence-corrected chi connectivity index (χ1v) is 7.63. The monoisotopic (exact) mass is 264 g/mol. The van der Waals surface area contributed by atoms with Gasteiger partial charge in [0, 0.05) is 18.3 Å². The molecule has 0 aromatic carbocycles. The number of hydrogen-bond donors (Lipinski definition) is 1. The van der Waals surface area contributed by atoms with Crippen molar-refractivity contribution in [3.63, 3.8) is 0 Å². The third-order valence-corrected chi connectivity index (χ3v) is 3.03. The summed E-state index contributed by atoms with van der Waals surface area (Å²) in [7, 11) is 0. The van der Waals surface area contributed by atoms with E-state index in [0.29, 0.717) is 0 Å². The Morgan fingerprint density at radius 2 is 1.95 bits per heavy atom. The van der Waals surface area contributed by atoms with Crippen molar-refractivity contribution >= 4 is 0 Å². The van der Waals surface area contributed by atoms with Gasteiger partial charge in [-0.25, -0.2) is 4.98 Å². The Kier molecular flexibility index (Phi) is 8.23.